The molecule has 1 aromatic rings. The fourth-order valence-electron chi connectivity index (χ4n) is 4.02. The number of likely N-dealkylation sites (tertiary alicyclic amines) is 2. The van der Waals surface area contributed by atoms with E-state index in [2.05, 4.69) is 37.7 Å². The molecule has 5 nitrogen and oxygen atoms in total. The van der Waals surface area contributed by atoms with E-state index >= 15 is 0 Å². The largest absolute Gasteiger partial charge is 0.337 e. The molecule has 0 aromatic carbocycles. The fourth-order valence-corrected chi connectivity index (χ4v) is 4.38. The molecule has 0 saturated carbocycles. The Labute approximate surface area is 159 Å². The van der Waals surface area contributed by atoms with Crippen LogP contribution in [0.2, 0.25) is 0 Å². The standard InChI is InChI=1S/C19H29BrN4O/c1-14-5-3-4-9-23(14)10-6-16-7-11-24(12-8-16)19(25)18-17(20)13-21-15(2)22-18/h13-14,16H,3-12H2,1-2H3/t14-/m1/s1. The molecule has 1 atom stereocenters. The first-order valence-electron chi connectivity index (χ1n) is 9.57. The molecule has 2 fully saturated rings. The maximum Gasteiger partial charge on any atom is 0.273 e. The summed E-state index contributed by atoms with van der Waals surface area (Å²) in [4.78, 5) is 25.8. The van der Waals surface area contributed by atoms with Gasteiger partial charge in [-0.25, -0.2) is 9.97 Å². The van der Waals surface area contributed by atoms with Crippen molar-refractivity contribution in [3.63, 3.8) is 0 Å². The quantitative estimate of drug-likeness (QED) is 0.762. The minimum absolute atomic E-state index is 0.0282. The summed E-state index contributed by atoms with van der Waals surface area (Å²) < 4.78 is 0.685. The first kappa shape index (κ1) is 18.8. The third-order valence-corrected chi connectivity index (χ3v) is 6.31. The topological polar surface area (TPSA) is 49.3 Å². The van der Waals surface area contributed by atoms with Crippen molar-refractivity contribution in [2.75, 3.05) is 26.2 Å². The van der Waals surface area contributed by atoms with Crippen LogP contribution in [0.3, 0.4) is 0 Å². The lowest BCUT2D eigenvalue weighted by atomic mass is 9.92. The molecular formula is C19H29BrN4O. The van der Waals surface area contributed by atoms with Crippen molar-refractivity contribution in [2.24, 2.45) is 5.92 Å². The third-order valence-electron chi connectivity index (χ3n) is 5.73. The van der Waals surface area contributed by atoms with E-state index in [1.54, 1.807) is 6.20 Å². The van der Waals surface area contributed by atoms with Crippen LogP contribution >= 0.6 is 15.9 Å². The van der Waals surface area contributed by atoms with Crippen molar-refractivity contribution < 1.29 is 4.79 Å². The first-order chi connectivity index (χ1) is 12.0. The van der Waals surface area contributed by atoms with Crippen LogP contribution in [0.5, 0.6) is 0 Å². The summed E-state index contributed by atoms with van der Waals surface area (Å²) in [5.74, 6) is 1.41. The second kappa shape index (κ2) is 8.58. The van der Waals surface area contributed by atoms with E-state index in [1.165, 1.54) is 38.8 Å². The van der Waals surface area contributed by atoms with E-state index in [-0.39, 0.29) is 5.91 Å². The Morgan fingerprint density at radius 3 is 2.72 bits per heavy atom. The molecule has 138 valence electrons. The summed E-state index contributed by atoms with van der Waals surface area (Å²) in [5, 5.41) is 0. The molecule has 25 heavy (non-hydrogen) atoms. The number of hydrogen-bond acceptors (Lipinski definition) is 4. The van der Waals surface area contributed by atoms with Gasteiger partial charge in [0.2, 0.25) is 0 Å². The van der Waals surface area contributed by atoms with Gasteiger partial charge in [0.25, 0.3) is 5.91 Å². The van der Waals surface area contributed by atoms with Crippen LogP contribution in [0.25, 0.3) is 0 Å². The zero-order chi connectivity index (χ0) is 17.8. The first-order valence-corrected chi connectivity index (χ1v) is 10.4. The Morgan fingerprint density at radius 1 is 1.24 bits per heavy atom. The third kappa shape index (κ3) is 4.79. The van der Waals surface area contributed by atoms with Crippen molar-refractivity contribution in [1.82, 2.24) is 19.8 Å². The molecule has 2 aliphatic heterocycles. The van der Waals surface area contributed by atoms with Gasteiger partial charge in [-0.05, 0) is 80.9 Å². The lowest BCUT2D eigenvalue weighted by molar-refractivity contribution is 0.0665. The Kier molecular flexibility index (Phi) is 6.44. The van der Waals surface area contributed by atoms with Crippen molar-refractivity contribution in [2.45, 2.75) is 58.4 Å². The van der Waals surface area contributed by atoms with E-state index in [1.807, 2.05) is 11.8 Å². The normalized spacial score (nSPS) is 23.0. The number of halogens is 1. The number of rotatable bonds is 4. The van der Waals surface area contributed by atoms with E-state index in [0.717, 1.165) is 37.9 Å². The lowest BCUT2D eigenvalue weighted by Gasteiger charge is -2.36. The Morgan fingerprint density at radius 2 is 2.00 bits per heavy atom. The highest BCUT2D eigenvalue weighted by atomic mass is 79.9. The van der Waals surface area contributed by atoms with Gasteiger partial charge < -0.3 is 9.80 Å². The average molecular weight is 409 g/mol. The van der Waals surface area contributed by atoms with Crippen molar-refractivity contribution in [3.05, 3.63) is 22.2 Å². The number of hydrogen-bond donors (Lipinski definition) is 0. The molecule has 1 amide bonds. The van der Waals surface area contributed by atoms with Crippen LogP contribution in [0.4, 0.5) is 0 Å². The summed E-state index contributed by atoms with van der Waals surface area (Å²) in [5.41, 5.74) is 0.494. The molecule has 1 aromatic heterocycles. The zero-order valence-electron chi connectivity index (χ0n) is 15.4. The molecule has 0 bridgehead atoms. The smallest absolute Gasteiger partial charge is 0.273 e. The number of piperidine rings is 2. The average Bonchev–Trinajstić information content (AvgIpc) is 2.63. The Hall–Kier alpha value is -1.01. The summed E-state index contributed by atoms with van der Waals surface area (Å²) in [6.07, 6.45) is 9.23. The van der Waals surface area contributed by atoms with Crippen LogP contribution in [-0.2, 0) is 0 Å². The van der Waals surface area contributed by atoms with Gasteiger partial charge in [-0.1, -0.05) is 6.42 Å². The van der Waals surface area contributed by atoms with Gasteiger partial charge in [-0.2, -0.15) is 0 Å². The van der Waals surface area contributed by atoms with Crippen LogP contribution < -0.4 is 0 Å². The van der Waals surface area contributed by atoms with Crippen molar-refractivity contribution in [1.29, 1.82) is 0 Å². The molecule has 2 saturated heterocycles. The van der Waals surface area contributed by atoms with E-state index < -0.39 is 0 Å². The molecule has 2 aliphatic rings. The van der Waals surface area contributed by atoms with E-state index in [9.17, 15) is 4.79 Å². The number of nitrogens with zero attached hydrogens (tertiary/aromatic N) is 4. The molecule has 0 N–H and O–H groups in total. The molecule has 0 unspecified atom stereocenters. The highest BCUT2D eigenvalue weighted by Gasteiger charge is 2.27. The zero-order valence-corrected chi connectivity index (χ0v) is 17.0. The van der Waals surface area contributed by atoms with E-state index in [4.69, 9.17) is 0 Å². The van der Waals surface area contributed by atoms with Gasteiger partial charge in [0, 0.05) is 25.3 Å². The highest BCUT2D eigenvalue weighted by molar-refractivity contribution is 9.10. The maximum absolute atomic E-state index is 12.7. The van der Waals surface area contributed by atoms with Gasteiger partial charge >= 0.3 is 0 Å². The van der Waals surface area contributed by atoms with Crippen LogP contribution in [-0.4, -0.2) is 57.9 Å². The molecule has 3 heterocycles. The Balaban J connectivity index is 1.48. The second-order valence-corrected chi connectivity index (χ2v) is 8.37. The highest BCUT2D eigenvalue weighted by Crippen LogP contribution is 2.25. The summed E-state index contributed by atoms with van der Waals surface area (Å²) >= 11 is 3.41. The Bertz CT molecular complexity index is 601. The summed E-state index contributed by atoms with van der Waals surface area (Å²) in [6.45, 7) is 8.35. The molecule has 3 rings (SSSR count). The summed E-state index contributed by atoms with van der Waals surface area (Å²) in [6, 6.07) is 0.744. The van der Waals surface area contributed by atoms with Crippen LogP contribution in [0.15, 0.2) is 10.7 Å². The van der Waals surface area contributed by atoms with Crippen LogP contribution in [0, 0.1) is 12.8 Å². The molecule has 0 aliphatic carbocycles. The molecule has 0 spiro atoms. The second-order valence-electron chi connectivity index (χ2n) is 7.52. The van der Waals surface area contributed by atoms with Crippen LogP contribution in [0.1, 0.15) is 61.8 Å². The van der Waals surface area contributed by atoms with Gasteiger partial charge in [0.05, 0.1) is 4.47 Å². The minimum atomic E-state index is 0.0282. The van der Waals surface area contributed by atoms with Crippen molar-refractivity contribution in [3.8, 4) is 0 Å². The number of carbonyl (C=O) groups excluding carboxylic acids is 1. The molecule has 6 heteroatoms. The SMILES string of the molecule is Cc1ncc(Br)c(C(=O)N2CCC(CCN3CCCC[C@H]3C)CC2)n1. The number of carbonyl (C=O) groups is 1. The lowest BCUT2D eigenvalue weighted by Crippen LogP contribution is -2.41. The monoisotopic (exact) mass is 408 g/mol. The predicted octanol–water partition coefficient (Wildman–Crippen LogP) is 3.66. The maximum atomic E-state index is 12.7. The molecular weight excluding hydrogens is 380 g/mol. The number of aromatic nitrogens is 2. The fraction of sp³-hybridized carbons (Fsp3) is 0.737. The number of amides is 1. The van der Waals surface area contributed by atoms with Crippen molar-refractivity contribution >= 4 is 21.8 Å². The van der Waals surface area contributed by atoms with Gasteiger partial charge in [-0.3, -0.25) is 4.79 Å². The summed E-state index contributed by atoms with van der Waals surface area (Å²) in [7, 11) is 0. The van der Waals surface area contributed by atoms with Gasteiger partial charge in [0.1, 0.15) is 11.5 Å². The van der Waals surface area contributed by atoms with Gasteiger partial charge in [0.15, 0.2) is 0 Å². The predicted molar refractivity (Wildman–Crippen MR) is 103 cm³/mol. The van der Waals surface area contributed by atoms with E-state index in [0.29, 0.717) is 16.0 Å². The van der Waals surface area contributed by atoms with Gasteiger partial charge in [-0.15, -0.1) is 0 Å². The number of aryl methyl sites for hydroxylation is 1. The molecule has 0 radical (unpaired) electrons. The minimum Gasteiger partial charge on any atom is -0.337 e.